The summed E-state index contributed by atoms with van der Waals surface area (Å²) in [4.78, 5) is 6.86. The number of fused-ring (bicyclic) bond motifs is 1. The second-order valence-corrected chi connectivity index (χ2v) is 6.90. The van der Waals surface area contributed by atoms with Gasteiger partial charge in [-0.05, 0) is 25.5 Å². The molecule has 4 rings (SSSR count). The second-order valence-electron chi connectivity index (χ2n) is 6.50. The maximum atomic E-state index is 9.57. The van der Waals surface area contributed by atoms with Gasteiger partial charge in [0.15, 0.2) is 11.5 Å². The molecule has 25 heavy (non-hydrogen) atoms. The number of hydrogen-bond acceptors (Lipinski definition) is 5. The molecule has 0 spiro atoms. The summed E-state index contributed by atoms with van der Waals surface area (Å²) in [5.74, 6) is 2.19. The van der Waals surface area contributed by atoms with Crippen LogP contribution in [0.3, 0.4) is 0 Å². The third kappa shape index (κ3) is 3.34. The molecule has 0 unspecified atom stereocenters. The highest BCUT2D eigenvalue weighted by Gasteiger charge is 2.23. The van der Waals surface area contributed by atoms with Crippen LogP contribution in [0.5, 0.6) is 11.5 Å². The first kappa shape index (κ1) is 16.7. The first-order valence-electron chi connectivity index (χ1n) is 8.72. The highest BCUT2D eigenvalue weighted by Crippen LogP contribution is 2.40. The van der Waals surface area contributed by atoms with Crippen molar-refractivity contribution in [2.75, 3.05) is 26.5 Å². The van der Waals surface area contributed by atoms with Gasteiger partial charge in [-0.1, -0.05) is 18.0 Å². The lowest BCUT2D eigenvalue weighted by molar-refractivity contribution is 0.0873. The summed E-state index contributed by atoms with van der Waals surface area (Å²) in [6.07, 6.45) is 7.22. The average molecular weight is 364 g/mol. The van der Waals surface area contributed by atoms with E-state index in [0.29, 0.717) is 16.5 Å². The number of hydrogen-bond donors (Lipinski definition) is 1. The van der Waals surface area contributed by atoms with Crippen LogP contribution < -0.4 is 9.47 Å². The van der Waals surface area contributed by atoms with E-state index in [4.69, 9.17) is 21.1 Å². The van der Waals surface area contributed by atoms with Gasteiger partial charge in [0.2, 0.25) is 6.79 Å². The smallest absolute Gasteiger partial charge is 0.231 e. The zero-order valence-corrected chi connectivity index (χ0v) is 14.8. The molecule has 0 radical (unpaired) electrons. The molecule has 6 nitrogen and oxygen atoms in total. The minimum atomic E-state index is 0.223. The Morgan fingerprint density at radius 1 is 1.20 bits per heavy atom. The van der Waals surface area contributed by atoms with E-state index < -0.39 is 0 Å². The van der Waals surface area contributed by atoms with Crippen molar-refractivity contribution in [3.63, 3.8) is 0 Å². The van der Waals surface area contributed by atoms with E-state index in [2.05, 4.69) is 14.5 Å². The molecular formula is C18H22ClN3O3. The molecule has 1 fully saturated rings. The number of aromatic nitrogens is 2. The number of nitrogens with zero attached hydrogens (tertiary/aromatic N) is 3. The lowest BCUT2D eigenvalue weighted by atomic mass is 10.0. The van der Waals surface area contributed by atoms with Gasteiger partial charge < -0.3 is 19.1 Å². The van der Waals surface area contributed by atoms with Crippen LogP contribution in [0, 0.1) is 0 Å². The van der Waals surface area contributed by atoms with Gasteiger partial charge in [-0.3, -0.25) is 4.90 Å². The molecule has 3 heterocycles. The SMILES string of the molecule is OC[C@@H]1CCCCN1CCn1ccnc1-c1cc2c(cc1Cl)OCO2. The number of aliphatic hydroxyl groups excluding tert-OH is 1. The molecule has 2 aliphatic heterocycles. The molecule has 0 bridgehead atoms. The Balaban J connectivity index is 1.53. The molecule has 2 aromatic rings. The highest BCUT2D eigenvalue weighted by atomic mass is 35.5. The van der Waals surface area contributed by atoms with Crippen molar-refractivity contribution < 1.29 is 14.6 Å². The number of halogens is 1. The second kappa shape index (κ2) is 7.23. The van der Waals surface area contributed by atoms with Crippen molar-refractivity contribution >= 4 is 11.6 Å². The van der Waals surface area contributed by atoms with Crippen LogP contribution in [0.25, 0.3) is 11.4 Å². The zero-order valence-electron chi connectivity index (χ0n) is 14.0. The van der Waals surface area contributed by atoms with E-state index in [9.17, 15) is 5.11 Å². The zero-order chi connectivity index (χ0) is 17.2. The van der Waals surface area contributed by atoms with Gasteiger partial charge >= 0.3 is 0 Å². The molecule has 1 N–H and O–H groups in total. The first-order chi connectivity index (χ1) is 12.3. The van der Waals surface area contributed by atoms with Crippen molar-refractivity contribution in [2.45, 2.75) is 31.8 Å². The number of likely N-dealkylation sites (tertiary alicyclic amines) is 1. The van der Waals surface area contributed by atoms with E-state index in [0.717, 1.165) is 37.4 Å². The molecular weight excluding hydrogens is 342 g/mol. The predicted molar refractivity (Wildman–Crippen MR) is 95.1 cm³/mol. The minimum Gasteiger partial charge on any atom is -0.454 e. The largest absolute Gasteiger partial charge is 0.454 e. The predicted octanol–water partition coefficient (Wildman–Crippen LogP) is 2.78. The lowest BCUT2D eigenvalue weighted by Crippen LogP contribution is -2.43. The molecule has 0 amide bonds. The van der Waals surface area contributed by atoms with E-state index in [1.165, 1.54) is 12.8 Å². The van der Waals surface area contributed by atoms with Crippen LogP contribution in [0.1, 0.15) is 19.3 Å². The van der Waals surface area contributed by atoms with Crippen LogP contribution in [-0.4, -0.2) is 52.1 Å². The number of rotatable bonds is 5. The molecule has 134 valence electrons. The molecule has 1 aromatic carbocycles. The Kier molecular flexibility index (Phi) is 4.83. The quantitative estimate of drug-likeness (QED) is 0.885. The molecule has 0 aliphatic carbocycles. The summed E-state index contributed by atoms with van der Waals surface area (Å²) in [5.41, 5.74) is 0.841. The van der Waals surface area contributed by atoms with Crippen LogP contribution in [0.15, 0.2) is 24.5 Å². The maximum absolute atomic E-state index is 9.57. The number of aliphatic hydroxyl groups is 1. The van der Waals surface area contributed by atoms with Crippen LogP contribution in [0.2, 0.25) is 5.02 Å². The fourth-order valence-corrected chi connectivity index (χ4v) is 3.86. The van der Waals surface area contributed by atoms with Crippen molar-refractivity contribution in [2.24, 2.45) is 0 Å². The van der Waals surface area contributed by atoms with E-state index in [1.807, 2.05) is 12.3 Å². The molecule has 1 atom stereocenters. The lowest BCUT2D eigenvalue weighted by Gasteiger charge is -2.34. The van der Waals surface area contributed by atoms with Gasteiger partial charge in [0.1, 0.15) is 5.82 Å². The monoisotopic (exact) mass is 363 g/mol. The molecule has 1 saturated heterocycles. The summed E-state index contributed by atoms with van der Waals surface area (Å²) in [5, 5.41) is 10.2. The number of ether oxygens (including phenoxy) is 2. The Hall–Kier alpha value is -1.76. The number of imidazole rings is 1. The third-order valence-corrected chi connectivity index (χ3v) is 5.32. The van der Waals surface area contributed by atoms with Gasteiger partial charge in [-0.2, -0.15) is 0 Å². The topological polar surface area (TPSA) is 59.8 Å². The Labute approximate surface area is 151 Å². The molecule has 7 heteroatoms. The van der Waals surface area contributed by atoms with Crippen molar-refractivity contribution in [1.82, 2.24) is 14.5 Å². The summed E-state index contributed by atoms with van der Waals surface area (Å²) in [7, 11) is 0. The maximum Gasteiger partial charge on any atom is 0.231 e. The Morgan fingerprint density at radius 2 is 2.04 bits per heavy atom. The van der Waals surface area contributed by atoms with Gasteiger partial charge in [0, 0.05) is 43.2 Å². The van der Waals surface area contributed by atoms with Crippen molar-refractivity contribution in [3.05, 3.63) is 29.5 Å². The van der Waals surface area contributed by atoms with Crippen LogP contribution in [0.4, 0.5) is 0 Å². The summed E-state index contributed by atoms with van der Waals surface area (Å²) in [6.45, 7) is 3.18. The minimum absolute atomic E-state index is 0.223. The van der Waals surface area contributed by atoms with Crippen molar-refractivity contribution in [1.29, 1.82) is 0 Å². The molecule has 2 aliphatic rings. The fraction of sp³-hybridized carbons (Fsp3) is 0.500. The summed E-state index contributed by atoms with van der Waals surface area (Å²) >= 11 is 6.43. The van der Waals surface area contributed by atoms with Gasteiger partial charge in [-0.15, -0.1) is 0 Å². The van der Waals surface area contributed by atoms with Crippen LogP contribution in [-0.2, 0) is 6.54 Å². The first-order valence-corrected chi connectivity index (χ1v) is 9.09. The van der Waals surface area contributed by atoms with Gasteiger partial charge in [0.25, 0.3) is 0 Å². The van der Waals surface area contributed by atoms with E-state index >= 15 is 0 Å². The number of benzene rings is 1. The molecule has 1 aromatic heterocycles. The Bertz CT molecular complexity index is 749. The highest BCUT2D eigenvalue weighted by molar-refractivity contribution is 6.33. The Morgan fingerprint density at radius 3 is 2.88 bits per heavy atom. The summed E-state index contributed by atoms with van der Waals surface area (Å²) < 4.78 is 12.9. The normalized spacial score (nSPS) is 20.2. The van der Waals surface area contributed by atoms with Gasteiger partial charge in [0.05, 0.1) is 11.6 Å². The van der Waals surface area contributed by atoms with Crippen molar-refractivity contribution in [3.8, 4) is 22.9 Å². The third-order valence-electron chi connectivity index (χ3n) is 5.01. The van der Waals surface area contributed by atoms with Crippen LogP contribution >= 0.6 is 11.6 Å². The fourth-order valence-electron chi connectivity index (χ4n) is 3.62. The van der Waals surface area contributed by atoms with Gasteiger partial charge in [-0.25, -0.2) is 4.98 Å². The summed E-state index contributed by atoms with van der Waals surface area (Å²) in [6, 6.07) is 3.95. The number of piperidine rings is 1. The van der Waals surface area contributed by atoms with E-state index in [-0.39, 0.29) is 19.4 Å². The standard InChI is InChI=1S/C18H22ClN3O3/c19-15-10-17-16(24-12-25-17)9-14(15)18-20-4-6-22(18)8-7-21-5-2-1-3-13(21)11-23/h4,6,9-10,13,23H,1-3,5,7-8,11-12H2/t13-/m0/s1. The average Bonchev–Trinajstić information content (AvgIpc) is 3.27. The van der Waals surface area contributed by atoms with E-state index in [1.54, 1.807) is 12.3 Å². The molecule has 0 saturated carbocycles.